The summed E-state index contributed by atoms with van der Waals surface area (Å²) >= 11 is 0. The average molecular weight is 870 g/mol. The molecule has 2 saturated carbocycles. The van der Waals surface area contributed by atoms with Crippen LogP contribution in [0.1, 0.15) is 86.7 Å². The Kier molecular flexibility index (Phi) is 11.9. The van der Waals surface area contributed by atoms with Gasteiger partial charge in [-0.1, -0.05) is 68.4 Å². The highest BCUT2D eigenvalue weighted by atomic mass is 16.6. The normalized spacial score (nSPS) is 31.5. The molecular formula is C47H51NO15. The van der Waals surface area contributed by atoms with Crippen molar-refractivity contribution in [2.45, 2.75) is 108 Å². The van der Waals surface area contributed by atoms with Gasteiger partial charge in [-0.25, -0.2) is 9.59 Å². The van der Waals surface area contributed by atoms with Gasteiger partial charge in [-0.2, -0.15) is 0 Å². The van der Waals surface area contributed by atoms with Gasteiger partial charge >= 0.3 is 23.9 Å². The Balaban J connectivity index is 1.39. The molecular weight excluding hydrogens is 819 g/mol. The van der Waals surface area contributed by atoms with Crippen molar-refractivity contribution in [1.82, 2.24) is 5.32 Å². The molecule has 3 aliphatic carbocycles. The first-order valence-corrected chi connectivity index (χ1v) is 20.6. The molecule has 0 radical (unpaired) electrons. The third kappa shape index (κ3) is 7.58. The fraction of sp³-hybridized carbons (Fsp3) is 0.447. The maximum absolute atomic E-state index is 15.5. The van der Waals surface area contributed by atoms with Gasteiger partial charge in [-0.15, -0.1) is 0 Å². The minimum Gasteiger partial charge on any atom is -0.508 e. The van der Waals surface area contributed by atoms with Gasteiger partial charge in [0.25, 0.3) is 5.91 Å². The van der Waals surface area contributed by atoms with Crippen LogP contribution in [0, 0.1) is 16.7 Å². The van der Waals surface area contributed by atoms with Crippen LogP contribution in [0.2, 0.25) is 0 Å². The number of aliphatic hydroxyl groups is 3. The molecule has 0 aromatic heterocycles. The lowest BCUT2D eigenvalue weighted by molar-refractivity contribution is -0.346. The van der Waals surface area contributed by atoms with Crippen LogP contribution in [0.25, 0.3) is 0 Å². The highest BCUT2D eigenvalue weighted by molar-refractivity contribution is 5.96. The van der Waals surface area contributed by atoms with Gasteiger partial charge in [-0.3, -0.25) is 19.2 Å². The van der Waals surface area contributed by atoms with Crippen molar-refractivity contribution in [1.29, 1.82) is 0 Å². The molecule has 5 N–H and O–H groups in total. The van der Waals surface area contributed by atoms with Gasteiger partial charge in [-0.05, 0) is 60.9 Å². The van der Waals surface area contributed by atoms with Gasteiger partial charge < -0.3 is 49.4 Å². The van der Waals surface area contributed by atoms with Crippen molar-refractivity contribution in [2.75, 3.05) is 6.61 Å². The van der Waals surface area contributed by atoms with Crippen LogP contribution >= 0.6 is 0 Å². The SMILES string of the molecule is CC(=O)O[C@H]1C(=O)[C@@]2(C)[C@H]([C@H](OC(=O)c3cccc(O)c3)[C@]3(O)C[C@H](OC(=O)[C@H](O)[C@@H](NC(=O)c4ccccc4)c4ccccc4)C(C)=C1C3(C)C)[C@]1(OC(C)=O)CO[C@@H]1C[C@@H]2O. The first-order chi connectivity index (χ1) is 29.7. The summed E-state index contributed by atoms with van der Waals surface area (Å²) in [5.41, 5.74) is -7.58. The Labute approximate surface area is 363 Å². The lowest BCUT2D eigenvalue weighted by Crippen LogP contribution is -2.82. The molecule has 3 fully saturated rings. The fourth-order valence-electron chi connectivity index (χ4n) is 10.2. The van der Waals surface area contributed by atoms with E-state index in [0.717, 1.165) is 19.9 Å². The highest BCUT2D eigenvalue weighted by Gasteiger charge is 2.78. The molecule has 16 heteroatoms. The van der Waals surface area contributed by atoms with Crippen molar-refractivity contribution in [3.8, 4) is 5.75 Å². The summed E-state index contributed by atoms with van der Waals surface area (Å²) in [5.74, 6) is -7.49. The topological polar surface area (TPSA) is 242 Å². The molecule has 3 aromatic rings. The Morgan fingerprint density at radius 2 is 1.49 bits per heavy atom. The molecule has 7 rings (SSSR count). The molecule has 3 aromatic carbocycles. The van der Waals surface area contributed by atoms with E-state index in [-0.39, 0.29) is 41.1 Å². The number of benzene rings is 3. The molecule has 0 spiro atoms. The Morgan fingerprint density at radius 3 is 2.08 bits per heavy atom. The van der Waals surface area contributed by atoms with Crippen LogP contribution in [-0.2, 0) is 42.9 Å². The van der Waals surface area contributed by atoms with E-state index in [9.17, 15) is 44.4 Å². The van der Waals surface area contributed by atoms with Crippen molar-refractivity contribution in [3.63, 3.8) is 0 Å². The Bertz CT molecular complexity index is 2350. The smallest absolute Gasteiger partial charge is 0.338 e. The zero-order chi connectivity index (χ0) is 45.8. The molecule has 2 bridgehead atoms. The first-order valence-electron chi connectivity index (χ1n) is 20.6. The van der Waals surface area contributed by atoms with Gasteiger partial charge in [0.05, 0.1) is 35.6 Å². The number of carbonyl (C=O) groups excluding carboxylic acids is 6. The largest absolute Gasteiger partial charge is 0.508 e. The fourth-order valence-corrected chi connectivity index (χ4v) is 10.2. The van der Waals surface area contributed by atoms with Crippen LogP contribution in [0.4, 0.5) is 0 Å². The summed E-state index contributed by atoms with van der Waals surface area (Å²) in [6.45, 7) is 7.76. The number of aromatic hydroxyl groups is 1. The number of aliphatic hydroxyl groups excluding tert-OH is 2. The third-order valence-corrected chi connectivity index (χ3v) is 13.6. The lowest BCUT2D eigenvalue weighted by Gasteiger charge is -2.67. The number of nitrogens with one attached hydrogen (secondary N) is 1. The van der Waals surface area contributed by atoms with E-state index in [0.29, 0.717) is 5.56 Å². The second-order valence-corrected chi connectivity index (χ2v) is 17.5. The first kappa shape index (κ1) is 45.1. The standard InChI is InChI=1S/C47H51NO15/c1-24-31(61-43(57)36(53)35(27-14-9-7-10-15-27)48-41(55)28-16-11-8-12-17-28)22-47(58)40(62-42(56)29-18-13-19-30(51)20-29)38-45(6,32(52)21-33-46(38,23-59-33)63-26(3)50)39(54)37(60-25(2)49)34(24)44(47,4)5/h7-20,31-33,35-38,40,51-53,58H,21-23H2,1-6H3,(H,48,55)/t31-,32-,33+,35-,36+,37+,38-,40-,45+,46-,47+/m0/s1. The van der Waals surface area contributed by atoms with E-state index in [4.69, 9.17) is 23.7 Å². The van der Waals surface area contributed by atoms with Crippen LogP contribution in [0.15, 0.2) is 96.1 Å². The molecule has 334 valence electrons. The third-order valence-electron chi connectivity index (χ3n) is 13.6. The molecule has 1 aliphatic heterocycles. The molecule has 16 nitrogen and oxygen atoms in total. The van der Waals surface area contributed by atoms with Crippen molar-refractivity contribution < 1.29 is 72.9 Å². The number of rotatable bonds is 10. The quantitative estimate of drug-likeness (QED) is 0.111. The summed E-state index contributed by atoms with van der Waals surface area (Å²) < 4.78 is 30.1. The van der Waals surface area contributed by atoms with E-state index >= 15 is 4.79 Å². The van der Waals surface area contributed by atoms with E-state index < -0.39 is 113 Å². The van der Waals surface area contributed by atoms with E-state index in [1.807, 2.05) is 0 Å². The predicted molar refractivity (Wildman–Crippen MR) is 219 cm³/mol. The second kappa shape index (κ2) is 16.6. The number of hydrogen-bond acceptors (Lipinski definition) is 15. The van der Waals surface area contributed by atoms with Gasteiger partial charge in [0.15, 0.2) is 23.6 Å². The summed E-state index contributed by atoms with van der Waals surface area (Å²) in [6.07, 6.45) is -10.9. The number of esters is 4. The number of hydrogen-bond donors (Lipinski definition) is 5. The highest BCUT2D eigenvalue weighted by Crippen LogP contribution is 2.64. The number of phenols is 1. The van der Waals surface area contributed by atoms with E-state index in [1.54, 1.807) is 60.7 Å². The Hall–Kier alpha value is -5.94. The molecule has 4 aliphatic rings. The zero-order valence-corrected chi connectivity index (χ0v) is 35.6. The monoisotopic (exact) mass is 869 g/mol. The molecule has 1 amide bonds. The van der Waals surface area contributed by atoms with Crippen molar-refractivity contribution >= 4 is 35.6 Å². The number of phenolic OH excluding ortho intramolecular Hbond substituents is 1. The molecule has 0 unspecified atom stereocenters. The summed E-state index contributed by atoms with van der Waals surface area (Å²) in [7, 11) is 0. The van der Waals surface area contributed by atoms with Gasteiger partial charge in [0.1, 0.15) is 29.7 Å². The minimum atomic E-state index is -2.46. The average Bonchev–Trinajstić information content (AvgIpc) is 3.23. The van der Waals surface area contributed by atoms with Gasteiger partial charge in [0.2, 0.25) is 0 Å². The number of fused-ring (bicyclic) bond motifs is 5. The van der Waals surface area contributed by atoms with Crippen LogP contribution in [0.5, 0.6) is 5.75 Å². The molecule has 1 saturated heterocycles. The van der Waals surface area contributed by atoms with E-state index in [1.165, 1.54) is 45.9 Å². The number of Topliss-reactive ketones (excluding diaryl/α,β-unsaturated/α-hetero) is 1. The van der Waals surface area contributed by atoms with Crippen molar-refractivity contribution in [2.24, 2.45) is 16.7 Å². The maximum Gasteiger partial charge on any atom is 0.338 e. The van der Waals surface area contributed by atoms with Crippen LogP contribution in [0.3, 0.4) is 0 Å². The summed E-state index contributed by atoms with van der Waals surface area (Å²) in [5, 5.41) is 50.5. The summed E-state index contributed by atoms with van der Waals surface area (Å²) in [6, 6.07) is 20.1. The molecule has 11 atom stereocenters. The molecule has 63 heavy (non-hydrogen) atoms. The molecule has 1 heterocycles. The van der Waals surface area contributed by atoms with E-state index in [2.05, 4.69) is 5.32 Å². The van der Waals surface area contributed by atoms with Crippen molar-refractivity contribution in [3.05, 3.63) is 113 Å². The number of amides is 1. The number of ketones is 1. The van der Waals surface area contributed by atoms with Crippen LogP contribution < -0.4 is 5.32 Å². The lowest BCUT2D eigenvalue weighted by atomic mass is 9.44. The Morgan fingerprint density at radius 1 is 0.857 bits per heavy atom. The van der Waals surface area contributed by atoms with Crippen LogP contribution in [-0.4, -0.2) is 110 Å². The minimum absolute atomic E-state index is 0.0421. The summed E-state index contributed by atoms with van der Waals surface area (Å²) in [4.78, 5) is 83.5. The zero-order valence-electron chi connectivity index (χ0n) is 35.6. The maximum atomic E-state index is 15.5. The predicted octanol–water partition coefficient (Wildman–Crippen LogP) is 3.44. The number of carbonyl (C=O) groups is 6. The second-order valence-electron chi connectivity index (χ2n) is 17.5. The number of ether oxygens (including phenoxy) is 5. The van der Waals surface area contributed by atoms with Gasteiger partial charge in [0, 0.05) is 37.7 Å².